The molecule has 1 nitrogen and oxygen atoms in total. The molecule has 0 heterocycles. The summed E-state index contributed by atoms with van der Waals surface area (Å²) in [6.45, 7) is 6.55. The van der Waals surface area contributed by atoms with Crippen molar-refractivity contribution in [1.82, 2.24) is 0 Å². The highest BCUT2D eigenvalue weighted by atomic mass is 14.6. The van der Waals surface area contributed by atoms with Gasteiger partial charge in [0.15, 0.2) is 0 Å². The van der Waals surface area contributed by atoms with Crippen molar-refractivity contribution >= 4 is 0 Å². The summed E-state index contributed by atoms with van der Waals surface area (Å²) >= 11 is 0. The summed E-state index contributed by atoms with van der Waals surface area (Å²) in [5.74, 6) is 0. The Bertz CT molecular complexity index is 284. The van der Waals surface area contributed by atoms with Gasteiger partial charge >= 0.3 is 0 Å². The molecule has 1 heteroatoms. The quantitative estimate of drug-likeness (QED) is 0.783. The molecule has 15 heavy (non-hydrogen) atoms. The van der Waals surface area contributed by atoms with E-state index in [-0.39, 0.29) is 0 Å². The summed E-state index contributed by atoms with van der Waals surface area (Å²) in [6, 6.07) is 6.91. The molecular formula is C14H23N. The Morgan fingerprint density at radius 1 is 1.20 bits per heavy atom. The average Bonchev–Trinajstić information content (AvgIpc) is 2.22. The van der Waals surface area contributed by atoms with E-state index in [2.05, 4.69) is 39.0 Å². The Labute approximate surface area is 93.7 Å². The standard InChI is InChI=1S/C14H23N/c1-4-13(15)9-6-10-14-11(2)7-5-8-12(14)3/h5,7-8,13H,4,6,9-10,15H2,1-3H3. The minimum atomic E-state index is 0.384. The SMILES string of the molecule is CCC(N)CCCc1c(C)cccc1C. The molecule has 2 N–H and O–H groups in total. The van der Waals surface area contributed by atoms with Gasteiger partial charge in [-0.3, -0.25) is 0 Å². The number of hydrogen-bond donors (Lipinski definition) is 1. The van der Waals surface area contributed by atoms with Crippen LogP contribution in [0, 0.1) is 13.8 Å². The van der Waals surface area contributed by atoms with Gasteiger partial charge in [0.05, 0.1) is 0 Å². The van der Waals surface area contributed by atoms with E-state index in [1.807, 2.05) is 0 Å². The number of benzene rings is 1. The lowest BCUT2D eigenvalue weighted by atomic mass is 9.96. The van der Waals surface area contributed by atoms with Crippen molar-refractivity contribution in [2.24, 2.45) is 5.73 Å². The Morgan fingerprint density at radius 3 is 2.33 bits per heavy atom. The summed E-state index contributed by atoms with van der Waals surface area (Å²) < 4.78 is 0. The largest absolute Gasteiger partial charge is 0.328 e. The first-order valence-electron chi connectivity index (χ1n) is 5.95. The van der Waals surface area contributed by atoms with Crippen LogP contribution < -0.4 is 5.73 Å². The number of nitrogens with two attached hydrogens (primary N) is 1. The molecule has 1 rings (SSSR count). The molecule has 1 aromatic carbocycles. The van der Waals surface area contributed by atoms with E-state index in [0.717, 1.165) is 12.8 Å². The molecule has 1 atom stereocenters. The van der Waals surface area contributed by atoms with Crippen molar-refractivity contribution in [3.8, 4) is 0 Å². The van der Waals surface area contributed by atoms with Gasteiger partial charge in [-0.1, -0.05) is 25.1 Å². The molecule has 1 unspecified atom stereocenters. The lowest BCUT2D eigenvalue weighted by Gasteiger charge is -2.11. The van der Waals surface area contributed by atoms with Gasteiger partial charge in [0.25, 0.3) is 0 Å². The Balaban J connectivity index is 2.50. The zero-order chi connectivity index (χ0) is 11.3. The van der Waals surface area contributed by atoms with Gasteiger partial charge in [0, 0.05) is 6.04 Å². The van der Waals surface area contributed by atoms with E-state index in [1.54, 1.807) is 0 Å². The van der Waals surface area contributed by atoms with Gasteiger partial charge in [-0.2, -0.15) is 0 Å². The van der Waals surface area contributed by atoms with E-state index in [4.69, 9.17) is 5.73 Å². The number of rotatable bonds is 5. The van der Waals surface area contributed by atoms with Crippen LogP contribution in [0.25, 0.3) is 0 Å². The molecule has 0 saturated carbocycles. The highest BCUT2D eigenvalue weighted by Gasteiger charge is 2.03. The predicted octanol–water partition coefficient (Wildman–Crippen LogP) is 3.36. The van der Waals surface area contributed by atoms with Crippen LogP contribution in [0.3, 0.4) is 0 Å². The number of aryl methyl sites for hydroxylation is 2. The van der Waals surface area contributed by atoms with Crippen LogP contribution in [0.2, 0.25) is 0 Å². The first kappa shape index (κ1) is 12.3. The fraction of sp³-hybridized carbons (Fsp3) is 0.571. The van der Waals surface area contributed by atoms with E-state index in [1.165, 1.54) is 29.5 Å². The highest BCUT2D eigenvalue weighted by Crippen LogP contribution is 2.16. The van der Waals surface area contributed by atoms with Crippen LogP contribution in [0.5, 0.6) is 0 Å². The van der Waals surface area contributed by atoms with Gasteiger partial charge < -0.3 is 5.73 Å². The van der Waals surface area contributed by atoms with Crippen molar-refractivity contribution in [3.05, 3.63) is 34.9 Å². The van der Waals surface area contributed by atoms with Crippen molar-refractivity contribution in [2.75, 3.05) is 0 Å². The molecule has 0 aliphatic heterocycles. The second-order valence-corrected chi connectivity index (χ2v) is 4.43. The van der Waals surface area contributed by atoms with Gasteiger partial charge in [-0.25, -0.2) is 0 Å². The molecule has 0 bridgehead atoms. The molecule has 0 aliphatic rings. The smallest absolute Gasteiger partial charge is 0.00363 e. The van der Waals surface area contributed by atoms with Crippen molar-refractivity contribution < 1.29 is 0 Å². The lowest BCUT2D eigenvalue weighted by molar-refractivity contribution is 0.567. The van der Waals surface area contributed by atoms with Crippen molar-refractivity contribution in [2.45, 2.75) is 52.5 Å². The summed E-state index contributed by atoms with van der Waals surface area (Å²) in [7, 11) is 0. The van der Waals surface area contributed by atoms with Crippen molar-refractivity contribution in [3.63, 3.8) is 0 Å². The van der Waals surface area contributed by atoms with Crippen LogP contribution in [0.15, 0.2) is 18.2 Å². The lowest BCUT2D eigenvalue weighted by Crippen LogP contribution is -2.18. The molecule has 0 radical (unpaired) electrons. The summed E-state index contributed by atoms with van der Waals surface area (Å²) in [5, 5.41) is 0. The first-order valence-corrected chi connectivity index (χ1v) is 5.95. The fourth-order valence-corrected chi connectivity index (χ4v) is 1.99. The Morgan fingerprint density at radius 2 is 1.80 bits per heavy atom. The molecule has 0 aliphatic carbocycles. The maximum atomic E-state index is 5.91. The molecular weight excluding hydrogens is 182 g/mol. The van der Waals surface area contributed by atoms with E-state index < -0.39 is 0 Å². The minimum absolute atomic E-state index is 0.384. The third-order valence-corrected chi connectivity index (χ3v) is 3.17. The average molecular weight is 205 g/mol. The van der Waals surface area contributed by atoms with Crippen molar-refractivity contribution in [1.29, 1.82) is 0 Å². The minimum Gasteiger partial charge on any atom is -0.328 e. The normalized spacial score (nSPS) is 12.8. The molecule has 84 valence electrons. The Kier molecular flexibility index (Phi) is 4.83. The molecule has 0 spiro atoms. The topological polar surface area (TPSA) is 26.0 Å². The zero-order valence-electron chi connectivity index (χ0n) is 10.2. The van der Waals surface area contributed by atoms with E-state index in [9.17, 15) is 0 Å². The van der Waals surface area contributed by atoms with Crippen LogP contribution in [0.1, 0.15) is 42.9 Å². The van der Waals surface area contributed by atoms with Gasteiger partial charge in [-0.15, -0.1) is 0 Å². The third-order valence-electron chi connectivity index (χ3n) is 3.17. The van der Waals surface area contributed by atoms with Crippen LogP contribution in [0.4, 0.5) is 0 Å². The van der Waals surface area contributed by atoms with Gasteiger partial charge in [0.2, 0.25) is 0 Å². The maximum absolute atomic E-state index is 5.91. The van der Waals surface area contributed by atoms with Crippen LogP contribution >= 0.6 is 0 Å². The summed E-state index contributed by atoms with van der Waals surface area (Å²) in [5.41, 5.74) is 10.3. The molecule has 1 aromatic rings. The number of hydrogen-bond acceptors (Lipinski definition) is 1. The predicted molar refractivity (Wildman–Crippen MR) is 67.1 cm³/mol. The van der Waals surface area contributed by atoms with Crippen LogP contribution in [-0.4, -0.2) is 6.04 Å². The zero-order valence-corrected chi connectivity index (χ0v) is 10.2. The Hall–Kier alpha value is -0.820. The maximum Gasteiger partial charge on any atom is 0.00363 e. The van der Waals surface area contributed by atoms with Crippen LogP contribution in [-0.2, 0) is 6.42 Å². The summed E-state index contributed by atoms with van der Waals surface area (Å²) in [4.78, 5) is 0. The second kappa shape index (κ2) is 5.92. The third kappa shape index (κ3) is 3.67. The van der Waals surface area contributed by atoms with E-state index in [0.29, 0.717) is 6.04 Å². The molecule has 0 fully saturated rings. The first-order chi connectivity index (χ1) is 7.15. The molecule has 0 aromatic heterocycles. The molecule has 0 saturated heterocycles. The summed E-state index contributed by atoms with van der Waals surface area (Å²) in [6.07, 6.45) is 4.62. The molecule has 0 amide bonds. The van der Waals surface area contributed by atoms with Gasteiger partial charge in [0.1, 0.15) is 0 Å². The fourth-order valence-electron chi connectivity index (χ4n) is 1.99. The van der Waals surface area contributed by atoms with Gasteiger partial charge in [-0.05, 0) is 56.2 Å². The second-order valence-electron chi connectivity index (χ2n) is 4.43. The van der Waals surface area contributed by atoms with E-state index >= 15 is 0 Å². The highest BCUT2D eigenvalue weighted by molar-refractivity contribution is 5.33. The monoisotopic (exact) mass is 205 g/mol.